The standard InChI is InChI=1S/C59H104O6/c1-4-7-10-13-15-17-18-19-20-21-22-23-24-25-26-27-28-29-30-31-32-33-34-35-36-37-38-39-40-42-43-46-49-52-58(61)64-55-56(54-63-57(60)51-48-45-12-9-6-3)65-59(62)53-50-47-44-41-16-14-11-8-5-2/h7,10,15,17,19-20,22-23,25-26,56H,4-6,8-9,11-14,16,18,21,24,27-55H2,1-3H3/b10-7-,17-15-,20-19-,23-22-,26-25-. The van der Waals surface area contributed by atoms with Crippen molar-refractivity contribution >= 4 is 17.9 Å². The molecule has 0 N–H and O–H groups in total. The van der Waals surface area contributed by atoms with Crippen molar-refractivity contribution in [3.05, 3.63) is 60.8 Å². The Bertz CT molecular complexity index is 1180. The summed E-state index contributed by atoms with van der Waals surface area (Å²) in [5, 5.41) is 0. The van der Waals surface area contributed by atoms with E-state index in [4.69, 9.17) is 14.2 Å². The summed E-state index contributed by atoms with van der Waals surface area (Å²) in [4.78, 5) is 37.5. The van der Waals surface area contributed by atoms with E-state index in [2.05, 4.69) is 81.5 Å². The number of esters is 3. The predicted octanol–water partition coefficient (Wildman–Crippen LogP) is 18.4. The van der Waals surface area contributed by atoms with Gasteiger partial charge in [-0.15, -0.1) is 0 Å². The first kappa shape index (κ1) is 62.1. The molecule has 0 aliphatic carbocycles. The molecule has 0 spiro atoms. The van der Waals surface area contributed by atoms with Gasteiger partial charge in [-0.25, -0.2) is 0 Å². The van der Waals surface area contributed by atoms with Crippen LogP contribution in [0.25, 0.3) is 0 Å². The van der Waals surface area contributed by atoms with Gasteiger partial charge >= 0.3 is 17.9 Å². The molecule has 0 saturated heterocycles. The van der Waals surface area contributed by atoms with Crippen molar-refractivity contribution in [3.8, 4) is 0 Å². The Labute approximate surface area is 402 Å². The molecule has 0 radical (unpaired) electrons. The van der Waals surface area contributed by atoms with E-state index in [9.17, 15) is 14.4 Å². The van der Waals surface area contributed by atoms with Crippen LogP contribution in [-0.2, 0) is 28.6 Å². The molecule has 1 atom stereocenters. The van der Waals surface area contributed by atoms with Gasteiger partial charge in [0.1, 0.15) is 13.2 Å². The average molecular weight is 909 g/mol. The molecule has 6 heteroatoms. The van der Waals surface area contributed by atoms with Gasteiger partial charge in [-0.1, -0.05) is 255 Å². The number of unbranched alkanes of at least 4 members (excludes halogenated alkanes) is 29. The Balaban J connectivity index is 3.85. The molecule has 1 unspecified atom stereocenters. The van der Waals surface area contributed by atoms with Crippen LogP contribution in [-0.4, -0.2) is 37.2 Å². The fourth-order valence-corrected chi connectivity index (χ4v) is 7.88. The highest BCUT2D eigenvalue weighted by atomic mass is 16.6. The monoisotopic (exact) mass is 909 g/mol. The minimum atomic E-state index is -0.763. The van der Waals surface area contributed by atoms with E-state index >= 15 is 0 Å². The Morgan fingerprint density at radius 2 is 0.600 bits per heavy atom. The molecule has 65 heavy (non-hydrogen) atoms. The number of carbonyl (C=O) groups excluding carboxylic acids is 3. The van der Waals surface area contributed by atoms with Crippen LogP contribution in [0.15, 0.2) is 60.8 Å². The Hall–Kier alpha value is -2.89. The second-order valence-corrected chi connectivity index (χ2v) is 18.5. The lowest BCUT2D eigenvalue weighted by atomic mass is 10.0. The molecule has 0 bridgehead atoms. The second kappa shape index (κ2) is 53.7. The van der Waals surface area contributed by atoms with Crippen LogP contribution in [0.5, 0.6) is 0 Å². The maximum absolute atomic E-state index is 12.6. The fourth-order valence-electron chi connectivity index (χ4n) is 7.88. The van der Waals surface area contributed by atoms with Crippen molar-refractivity contribution in [3.63, 3.8) is 0 Å². The lowest BCUT2D eigenvalue weighted by Gasteiger charge is -2.18. The first-order valence-corrected chi connectivity index (χ1v) is 27.8. The number of hydrogen-bond acceptors (Lipinski definition) is 6. The fraction of sp³-hybridized carbons (Fsp3) is 0.780. The SMILES string of the molecule is CC/C=C\C/C=C\C/C=C\C/C=C\C/C=C\CCCCCCCCCCCCCCCCCCCC(=O)OCC(COC(=O)CCCCCCC)OC(=O)CCCCCCCCCCC. The molecule has 0 fully saturated rings. The average Bonchev–Trinajstić information content (AvgIpc) is 3.30. The summed E-state index contributed by atoms with van der Waals surface area (Å²) in [5.41, 5.74) is 0. The highest BCUT2D eigenvalue weighted by Gasteiger charge is 2.19. The van der Waals surface area contributed by atoms with Crippen molar-refractivity contribution in [1.29, 1.82) is 0 Å². The minimum Gasteiger partial charge on any atom is -0.462 e. The van der Waals surface area contributed by atoms with Gasteiger partial charge < -0.3 is 14.2 Å². The summed E-state index contributed by atoms with van der Waals surface area (Å²) in [6.45, 7) is 6.43. The smallest absolute Gasteiger partial charge is 0.306 e. The van der Waals surface area contributed by atoms with Crippen LogP contribution in [0, 0.1) is 0 Å². The molecule has 0 aliphatic rings. The maximum Gasteiger partial charge on any atom is 0.306 e. The van der Waals surface area contributed by atoms with Gasteiger partial charge in [0.2, 0.25) is 0 Å². The van der Waals surface area contributed by atoms with Gasteiger partial charge in [-0.05, 0) is 64.2 Å². The van der Waals surface area contributed by atoms with E-state index in [0.717, 1.165) is 96.3 Å². The van der Waals surface area contributed by atoms with Gasteiger partial charge in [0.25, 0.3) is 0 Å². The van der Waals surface area contributed by atoms with E-state index in [1.54, 1.807) is 0 Å². The van der Waals surface area contributed by atoms with Crippen LogP contribution in [0.4, 0.5) is 0 Å². The molecule has 0 heterocycles. The molecule has 0 aromatic rings. The van der Waals surface area contributed by atoms with E-state index < -0.39 is 6.10 Å². The van der Waals surface area contributed by atoms with Crippen molar-refractivity contribution in [2.75, 3.05) is 13.2 Å². The molecule has 0 amide bonds. The molecule has 376 valence electrons. The van der Waals surface area contributed by atoms with Crippen molar-refractivity contribution in [1.82, 2.24) is 0 Å². The molecule has 6 nitrogen and oxygen atoms in total. The van der Waals surface area contributed by atoms with E-state index in [1.165, 1.54) is 141 Å². The number of carbonyl (C=O) groups is 3. The molecule has 0 saturated carbocycles. The van der Waals surface area contributed by atoms with Gasteiger partial charge in [0.05, 0.1) is 0 Å². The zero-order valence-electron chi connectivity index (χ0n) is 43.0. The zero-order valence-corrected chi connectivity index (χ0v) is 43.0. The summed E-state index contributed by atoms with van der Waals surface area (Å²) < 4.78 is 16.6. The Morgan fingerprint density at radius 1 is 0.323 bits per heavy atom. The van der Waals surface area contributed by atoms with Gasteiger partial charge in [0, 0.05) is 19.3 Å². The molecular formula is C59H104O6. The number of rotatable bonds is 50. The van der Waals surface area contributed by atoms with Crippen LogP contribution >= 0.6 is 0 Å². The molecule has 0 aromatic carbocycles. The Morgan fingerprint density at radius 3 is 0.938 bits per heavy atom. The van der Waals surface area contributed by atoms with Crippen molar-refractivity contribution in [2.45, 2.75) is 284 Å². The first-order valence-electron chi connectivity index (χ1n) is 27.8. The number of allylic oxidation sites excluding steroid dienone is 10. The van der Waals surface area contributed by atoms with Crippen LogP contribution in [0.2, 0.25) is 0 Å². The third-order valence-electron chi connectivity index (χ3n) is 12.0. The summed E-state index contributed by atoms with van der Waals surface area (Å²) in [5.74, 6) is -0.879. The molecule has 0 aliphatic heterocycles. The summed E-state index contributed by atoms with van der Waals surface area (Å²) in [6.07, 6.45) is 67.1. The van der Waals surface area contributed by atoms with E-state index in [-0.39, 0.29) is 31.1 Å². The van der Waals surface area contributed by atoms with Crippen LogP contribution < -0.4 is 0 Å². The third-order valence-corrected chi connectivity index (χ3v) is 12.0. The quantitative estimate of drug-likeness (QED) is 0.0262. The second-order valence-electron chi connectivity index (χ2n) is 18.5. The summed E-state index contributed by atoms with van der Waals surface area (Å²) >= 11 is 0. The van der Waals surface area contributed by atoms with E-state index in [1.807, 2.05) is 0 Å². The summed E-state index contributed by atoms with van der Waals surface area (Å²) in [6, 6.07) is 0. The largest absolute Gasteiger partial charge is 0.462 e. The maximum atomic E-state index is 12.6. The van der Waals surface area contributed by atoms with Crippen LogP contribution in [0.1, 0.15) is 278 Å². The predicted molar refractivity (Wildman–Crippen MR) is 279 cm³/mol. The molecule has 0 rings (SSSR count). The van der Waals surface area contributed by atoms with Crippen LogP contribution in [0.3, 0.4) is 0 Å². The van der Waals surface area contributed by atoms with Crippen molar-refractivity contribution < 1.29 is 28.6 Å². The number of ether oxygens (including phenoxy) is 3. The van der Waals surface area contributed by atoms with Gasteiger partial charge in [-0.2, -0.15) is 0 Å². The number of hydrogen-bond donors (Lipinski definition) is 0. The lowest BCUT2D eigenvalue weighted by Crippen LogP contribution is -2.30. The normalized spacial score (nSPS) is 12.5. The highest BCUT2D eigenvalue weighted by Crippen LogP contribution is 2.16. The lowest BCUT2D eigenvalue weighted by molar-refractivity contribution is -0.167. The topological polar surface area (TPSA) is 78.9 Å². The van der Waals surface area contributed by atoms with E-state index in [0.29, 0.717) is 19.3 Å². The Kier molecular flexibility index (Phi) is 51.3. The van der Waals surface area contributed by atoms with Gasteiger partial charge in [-0.3, -0.25) is 14.4 Å². The third kappa shape index (κ3) is 51.9. The van der Waals surface area contributed by atoms with Crippen molar-refractivity contribution in [2.24, 2.45) is 0 Å². The minimum absolute atomic E-state index is 0.0699. The molecular weight excluding hydrogens is 805 g/mol. The summed E-state index contributed by atoms with van der Waals surface area (Å²) in [7, 11) is 0. The first-order chi connectivity index (χ1) is 32.0. The highest BCUT2D eigenvalue weighted by molar-refractivity contribution is 5.71. The molecule has 0 aromatic heterocycles. The zero-order chi connectivity index (χ0) is 47.2. The van der Waals surface area contributed by atoms with Gasteiger partial charge in [0.15, 0.2) is 6.10 Å².